The number of rotatable bonds is 7. The lowest BCUT2D eigenvalue weighted by Crippen LogP contribution is -2.34. The summed E-state index contributed by atoms with van der Waals surface area (Å²) in [6.45, 7) is 6.27. The van der Waals surface area contributed by atoms with Gasteiger partial charge < -0.3 is 19.9 Å². The fraction of sp³-hybridized carbons (Fsp3) is 0.611. The number of amides is 2. The molecule has 2 amide bonds. The molecule has 1 aromatic rings. The molecule has 128 valence electrons. The summed E-state index contributed by atoms with van der Waals surface area (Å²) in [6, 6.07) is 7.75. The highest BCUT2D eigenvalue weighted by molar-refractivity contribution is 5.89. The first-order valence-electron chi connectivity index (χ1n) is 8.47. The zero-order valence-corrected chi connectivity index (χ0v) is 14.5. The third-order valence-electron chi connectivity index (χ3n) is 4.47. The number of anilines is 1. The number of nitrogens with zero attached hydrogens (tertiary/aromatic N) is 2. The predicted octanol–water partition coefficient (Wildman–Crippen LogP) is 3.34. The van der Waals surface area contributed by atoms with Crippen molar-refractivity contribution in [3.8, 4) is 0 Å². The van der Waals surface area contributed by atoms with Crippen LogP contribution >= 0.6 is 0 Å². The first-order chi connectivity index (χ1) is 11.1. The van der Waals surface area contributed by atoms with Crippen LogP contribution in [-0.2, 0) is 4.74 Å². The average molecular weight is 319 g/mol. The van der Waals surface area contributed by atoms with Crippen LogP contribution in [0.1, 0.15) is 37.9 Å². The molecule has 0 bridgehead atoms. The molecule has 1 fully saturated rings. The maximum absolute atomic E-state index is 12.3. The first kappa shape index (κ1) is 17.8. The minimum absolute atomic E-state index is 0.0186. The van der Waals surface area contributed by atoms with Crippen molar-refractivity contribution in [1.82, 2.24) is 9.80 Å². The van der Waals surface area contributed by atoms with Crippen LogP contribution in [0.5, 0.6) is 0 Å². The standard InChI is InChI=1S/C18H29N3O2/c1-15(23-3)16-8-6-9-17(14-16)19-18(22)20(2)10-7-13-21-11-4-5-12-21/h6,8-9,14-15H,4-5,7,10-13H2,1-3H3,(H,19,22)/t15-/m1/s1. The smallest absolute Gasteiger partial charge is 0.321 e. The molecule has 1 atom stereocenters. The number of likely N-dealkylation sites (tertiary alicyclic amines) is 1. The Labute approximate surface area is 139 Å². The molecule has 0 radical (unpaired) electrons. The van der Waals surface area contributed by atoms with Gasteiger partial charge in [-0.2, -0.15) is 0 Å². The van der Waals surface area contributed by atoms with Crippen LogP contribution in [0.25, 0.3) is 0 Å². The second-order valence-corrected chi connectivity index (χ2v) is 6.26. The number of carbonyl (C=O) groups excluding carboxylic acids is 1. The topological polar surface area (TPSA) is 44.8 Å². The lowest BCUT2D eigenvalue weighted by Gasteiger charge is -2.20. The number of urea groups is 1. The Bertz CT molecular complexity index is 501. The van der Waals surface area contributed by atoms with Crippen LogP contribution < -0.4 is 5.32 Å². The van der Waals surface area contributed by atoms with E-state index in [4.69, 9.17) is 4.74 Å². The second-order valence-electron chi connectivity index (χ2n) is 6.26. The molecule has 1 saturated heterocycles. The number of benzene rings is 1. The van der Waals surface area contributed by atoms with Gasteiger partial charge in [0.1, 0.15) is 0 Å². The van der Waals surface area contributed by atoms with Crippen molar-refractivity contribution in [2.75, 3.05) is 45.7 Å². The Morgan fingerprint density at radius 1 is 1.39 bits per heavy atom. The van der Waals surface area contributed by atoms with E-state index < -0.39 is 0 Å². The molecule has 5 heteroatoms. The summed E-state index contributed by atoms with van der Waals surface area (Å²) < 4.78 is 5.32. The average Bonchev–Trinajstić information content (AvgIpc) is 3.07. The molecule has 1 aromatic carbocycles. The van der Waals surface area contributed by atoms with Crippen LogP contribution in [0.15, 0.2) is 24.3 Å². The molecule has 1 N–H and O–H groups in total. The summed E-state index contributed by atoms with van der Waals surface area (Å²) in [5, 5.41) is 2.96. The molecule has 0 aromatic heterocycles. The predicted molar refractivity (Wildman–Crippen MR) is 93.8 cm³/mol. The lowest BCUT2D eigenvalue weighted by atomic mass is 10.1. The Kier molecular flexibility index (Phi) is 6.86. The minimum Gasteiger partial charge on any atom is -0.377 e. The van der Waals surface area contributed by atoms with E-state index in [9.17, 15) is 4.79 Å². The summed E-state index contributed by atoms with van der Waals surface area (Å²) in [5.41, 5.74) is 1.87. The third kappa shape index (κ3) is 5.52. The van der Waals surface area contributed by atoms with Gasteiger partial charge >= 0.3 is 6.03 Å². The molecule has 0 aliphatic carbocycles. The molecule has 1 aliphatic rings. The molecule has 0 saturated carbocycles. The zero-order chi connectivity index (χ0) is 16.7. The van der Waals surface area contributed by atoms with E-state index in [-0.39, 0.29) is 12.1 Å². The maximum atomic E-state index is 12.3. The van der Waals surface area contributed by atoms with Crippen molar-refractivity contribution in [3.05, 3.63) is 29.8 Å². The van der Waals surface area contributed by atoms with E-state index in [2.05, 4.69) is 10.2 Å². The molecule has 5 nitrogen and oxygen atoms in total. The summed E-state index contributed by atoms with van der Waals surface area (Å²) in [5.74, 6) is 0. The van der Waals surface area contributed by atoms with Gasteiger partial charge in [-0.25, -0.2) is 4.79 Å². The number of ether oxygens (including phenoxy) is 1. The fourth-order valence-corrected chi connectivity index (χ4v) is 2.86. The molecule has 0 unspecified atom stereocenters. The molecular formula is C18H29N3O2. The van der Waals surface area contributed by atoms with E-state index in [1.807, 2.05) is 38.2 Å². The van der Waals surface area contributed by atoms with Crippen molar-refractivity contribution in [2.24, 2.45) is 0 Å². The lowest BCUT2D eigenvalue weighted by molar-refractivity contribution is 0.119. The Hall–Kier alpha value is -1.59. The summed E-state index contributed by atoms with van der Waals surface area (Å²) in [7, 11) is 3.53. The second kappa shape index (κ2) is 8.89. The van der Waals surface area contributed by atoms with Crippen molar-refractivity contribution >= 4 is 11.7 Å². The number of carbonyl (C=O) groups is 1. The molecule has 1 aliphatic heterocycles. The monoisotopic (exact) mass is 319 g/mol. The summed E-state index contributed by atoms with van der Waals surface area (Å²) >= 11 is 0. The van der Waals surface area contributed by atoms with Crippen LogP contribution in [0.3, 0.4) is 0 Å². The van der Waals surface area contributed by atoms with E-state index in [1.165, 1.54) is 25.9 Å². The molecular weight excluding hydrogens is 290 g/mol. The van der Waals surface area contributed by atoms with Gasteiger partial charge in [0.05, 0.1) is 6.10 Å². The van der Waals surface area contributed by atoms with Crippen LogP contribution in [0.2, 0.25) is 0 Å². The number of hydrogen-bond donors (Lipinski definition) is 1. The van der Waals surface area contributed by atoms with Gasteiger partial charge in [0.2, 0.25) is 0 Å². The number of hydrogen-bond acceptors (Lipinski definition) is 3. The number of methoxy groups -OCH3 is 1. The maximum Gasteiger partial charge on any atom is 0.321 e. The first-order valence-corrected chi connectivity index (χ1v) is 8.47. The van der Waals surface area contributed by atoms with Crippen molar-refractivity contribution < 1.29 is 9.53 Å². The SMILES string of the molecule is CO[C@H](C)c1cccc(NC(=O)N(C)CCCN2CCCC2)c1. The van der Waals surface area contributed by atoms with Crippen LogP contribution in [0, 0.1) is 0 Å². The van der Waals surface area contributed by atoms with Gasteiger partial charge in [0.15, 0.2) is 0 Å². The van der Waals surface area contributed by atoms with Gasteiger partial charge in [-0.1, -0.05) is 12.1 Å². The Morgan fingerprint density at radius 2 is 2.13 bits per heavy atom. The third-order valence-corrected chi connectivity index (χ3v) is 4.47. The van der Waals surface area contributed by atoms with Crippen molar-refractivity contribution in [2.45, 2.75) is 32.3 Å². The van der Waals surface area contributed by atoms with Crippen LogP contribution in [0.4, 0.5) is 10.5 Å². The van der Waals surface area contributed by atoms with E-state index >= 15 is 0 Å². The van der Waals surface area contributed by atoms with E-state index in [1.54, 1.807) is 12.0 Å². The molecule has 2 rings (SSSR count). The summed E-state index contributed by atoms with van der Waals surface area (Å²) in [4.78, 5) is 16.5. The van der Waals surface area contributed by atoms with Gasteiger partial charge in [-0.05, 0) is 63.5 Å². The minimum atomic E-state index is -0.0614. The molecule has 23 heavy (non-hydrogen) atoms. The highest BCUT2D eigenvalue weighted by atomic mass is 16.5. The van der Waals surface area contributed by atoms with E-state index in [0.717, 1.165) is 30.8 Å². The van der Waals surface area contributed by atoms with Gasteiger partial charge in [0.25, 0.3) is 0 Å². The van der Waals surface area contributed by atoms with Crippen molar-refractivity contribution in [1.29, 1.82) is 0 Å². The van der Waals surface area contributed by atoms with E-state index in [0.29, 0.717) is 0 Å². The highest BCUT2D eigenvalue weighted by Crippen LogP contribution is 2.19. The molecule has 0 spiro atoms. The molecule has 1 heterocycles. The van der Waals surface area contributed by atoms with Gasteiger partial charge in [-0.15, -0.1) is 0 Å². The van der Waals surface area contributed by atoms with Gasteiger partial charge in [0, 0.05) is 26.4 Å². The number of nitrogens with one attached hydrogen (secondary N) is 1. The quantitative estimate of drug-likeness (QED) is 0.838. The van der Waals surface area contributed by atoms with Gasteiger partial charge in [-0.3, -0.25) is 0 Å². The van der Waals surface area contributed by atoms with Crippen molar-refractivity contribution in [3.63, 3.8) is 0 Å². The Morgan fingerprint density at radius 3 is 2.83 bits per heavy atom. The Balaban J connectivity index is 1.78. The van der Waals surface area contributed by atoms with Crippen LogP contribution in [-0.4, -0.2) is 56.2 Å². The normalized spacial score (nSPS) is 16.3. The highest BCUT2D eigenvalue weighted by Gasteiger charge is 2.13. The zero-order valence-electron chi connectivity index (χ0n) is 14.5. The largest absolute Gasteiger partial charge is 0.377 e. The fourth-order valence-electron chi connectivity index (χ4n) is 2.86. The summed E-state index contributed by atoms with van der Waals surface area (Å²) in [6.07, 6.45) is 3.66.